The van der Waals surface area contributed by atoms with Crippen LogP contribution in [0.2, 0.25) is 0 Å². The molecule has 1 aliphatic rings. The molecule has 1 aromatic heterocycles. The molecule has 0 radical (unpaired) electrons. The number of carbonyl (C=O) groups is 1. The van der Waals surface area contributed by atoms with E-state index in [-0.39, 0.29) is 18.1 Å². The van der Waals surface area contributed by atoms with Crippen molar-refractivity contribution in [1.82, 2.24) is 14.7 Å². The van der Waals surface area contributed by atoms with Crippen molar-refractivity contribution in [1.29, 1.82) is 0 Å². The van der Waals surface area contributed by atoms with Gasteiger partial charge in [-0.2, -0.15) is 18.3 Å². The zero-order chi connectivity index (χ0) is 20.3. The molecule has 8 heteroatoms. The summed E-state index contributed by atoms with van der Waals surface area (Å²) in [5.74, 6) is 0.220. The average Bonchev–Trinajstić information content (AvgIpc) is 2.93. The van der Waals surface area contributed by atoms with Crippen molar-refractivity contribution in [3.63, 3.8) is 0 Å². The number of nitrogens with zero attached hydrogens (tertiary/aromatic N) is 3. The van der Waals surface area contributed by atoms with Crippen LogP contribution in [0.25, 0.3) is 0 Å². The molecule has 1 N–H and O–H groups in total. The highest BCUT2D eigenvalue weighted by molar-refractivity contribution is 5.92. The fourth-order valence-electron chi connectivity index (χ4n) is 3.61. The third kappa shape index (κ3) is 5.34. The number of carbonyl (C=O) groups excluding carboxylic acids is 1. The molecule has 152 valence electrons. The number of nitrogens with one attached hydrogen (secondary N) is 1. The van der Waals surface area contributed by atoms with Crippen LogP contribution in [0.3, 0.4) is 0 Å². The first-order chi connectivity index (χ1) is 13.2. The summed E-state index contributed by atoms with van der Waals surface area (Å²) >= 11 is 0. The van der Waals surface area contributed by atoms with Gasteiger partial charge in [-0.1, -0.05) is 6.07 Å². The lowest BCUT2D eigenvalue weighted by molar-refractivity contribution is -0.137. The molecule has 0 atom stereocenters. The summed E-state index contributed by atoms with van der Waals surface area (Å²) in [6, 6.07) is 6.77. The number of aryl methyl sites for hydroxylation is 2. The molecule has 1 aromatic carbocycles. The summed E-state index contributed by atoms with van der Waals surface area (Å²) in [5, 5.41) is 7.07. The van der Waals surface area contributed by atoms with Crippen LogP contribution in [-0.2, 0) is 17.5 Å². The van der Waals surface area contributed by atoms with Gasteiger partial charge in [-0.3, -0.25) is 14.4 Å². The number of anilines is 1. The Morgan fingerprint density at radius 1 is 1.21 bits per heavy atom. The quantitative estimate of drug-likeness (QED) is 0.838. The van der Waals surface area contributed by atoms with Gasteiger partial charge in [0.05, 0.1) is 17.8 Å². The van der Waals surface area contributed by atoms with Crippen LogP contribution < -0.4 is 5.32 Å². The van der Waals surface area contributed by atoms with Crippen molar-refractivity contribution in [3.05, 3.63) is 47.3 Å². The number of benzene rings is 1. The normalized spacial score (nSPS) is 16.3. The number of piperidine rings is 1. The standard InChI is InChI=1S/C20H25F3N4O/c1-14-10-15(2)27(25-14)12-16-6-8-26(9-7-16)13-19(28)24-18-5-3-4-17(11-18)20(21,22)23/h3-5,10-11,16H,6-9,12-13H2,1-2H3,(H,24,28). The molecule has 0 bridgehead atoms. The molecule has 0 unspecified atom stereocenters. The van der Waals surface area contributed by atoms with E-state index < -0.39 is 11.7 Å². The fraction of sp³-hybridized carbons (Fsp3) is 0.500. The van der Waals surface area contributed by atoms with Crippen LogP contribution in [-0.4, -0.2) is 40.2 Å². The molecule has 0 aliphatic carbocycles. The van der Waals surface area contributed by atoms with Gasteiger partial charge < -0.3 is 5.32 Å². The molecule has 1 aliphatic heterocycles. The number of rotatable bonds is 5. The molecular weight excluding hydrogens is 369 g/mol. The van der Waals surface area contributed by atoms with Crippen LogP contribution in [0.4, 0.5) is 18.9 Å². The monoisotopic (exact) mass is 394 g/mol. The summed E-state index contributed by atoms with van der Waals surface area (Å²) in [4.78, 5) is 14.3. The van der Waals surface area contributed by atoms with E-state index in [9.17, 15) is 18.0 Å². The number of halogens is 3. The minimum Gasteiger partial charge on any atom is -0.325 e. The van der Waals surface area contributed by atoms with Gasteiger partial charge in [0.2, 0.25) is 5.91 Å². The Hall–Kier alpha value is -2.35. The molecule has 1 amide bonds. The van der Waals surface area contributed by atoms with E-state index >= 15 is 0 Å². The van der Waals surface area contributed by atoms with Crippen molar-refractivity contribution in [2.75, 3.05) is 25.0 Å². The molecule has 3 rings (SSSR count). The Kier molecular flexibility index (Phi) is 6.07. The highest BCUT2D eigenvalue weighted by Gasteiger charge is 2.30. The van der Waals surface area contributed by atoms with Crippen molar-refractivity contribution in [3.8, 4) is 0 Å². The predicted molar refractivity (Wildman–Crippen MR) is 101 cm³/mol. The van der Waals surface area contributed by atoms with E-state index in [2.05, 4.69) is 16.5 Å². The number of hydrogen-bond acceptors (Lipinski definition) is 3. The fourth-order valence-corrected chi connectivity index (χ4v) is 3.61. The SMILES string of the molecule is Cc1cc(C)n(CC2CCN(CC(=O)Nc3cccc(C(F)(F)F)c3)CC2)n1. The topological polar surface area (TPSA) is 50.2 Å². The van der Waals surface area contributed by atoms with Crippen LogP contribution in [0.5, 0.6) is 0 Å². The zero-order valence-corrected chi connectivity index (χ0v) is 16.1. The summed E-state index contributed by atoms with van der Waals surface area (Å²) < 4.78 is 40.3. The van der Waals surface area contributed by atoms with Gasteiger partial charge in [-0.15, -0.1) is 0 Å². The molecule has 1 saturated heterocycles. The molecule has 2 heterocycles. The second-order valence-corrected chi connectivity index (χ2v) is 7.46. The van der Waals surface area contributed by atoms with E-state index in [1.165, 1.54) is 12.1 Å². The van der Waals surface area contributed by atoms with E-state index in [4.69, 9.17) is 0 Å². The van der Waals surface area contributed by atoms with Gasteiger partial charge in [0.15, 0.2) is 0 Å². The maximum absolute atomic E-state index is 12.8. The molecule has 0 saturated carbocycles. The van der Waals surface area contributed by atoms with Gasteiger partial charge in [0, 0.05) is 17.9 Å². The van der Waals surface area contributed by atoms with E-state index in [1.54, 1.807) is 0 Å². The molecular formula is C20H25F3N4O. The number of likely N-dealkylation sites (tertiary alicyclic amines) is 1. The van der Waals surface area contributed by atoms with E-state index in [1.807, 2.05) is 23.4 Å². The minimum atomic E-state index is -4.42. The van der Waals surface area contributed by atoms with Crippen molar-refractivity contribution in [2.24, 2.45) is 5.92 Å². The third-order valence-corrected chi connectivity index (χ3v) is 5.08. The second-order valence-electron chi connectivity index (χ2n) is 7.46. The van der Waals surface area contributed by atoms with E-state index in [0.29, 0.717) is 5.92 Å². The first kappa shape index (κ1) is 20.4. The van der Waals surface area contributed by atoms with Crippen molar-refractivity contribution in [2.45, 2.75) is 39.4 Å². The van der Waals surface area contributed by atoms with Gasteiger partial charge in [-0.05, 0) is 70.0 Å². The van der Waals surface area contributed by atoms with Crippen molar-refractivity contribution < 1.29 is 18.0 Å². The average molecular weight is 394 g/mol. The van der Waals surface area contributed by atoms with Crippen LogP contribution in [0.1, 0.15) is 29.8 Å². The molecule has 0 spiro atoms. The zero-order valence-electron chi connectivity index (χ0n) is 16.1. The van der Waals surface area contributed by atoms with Crippen LogP contribution in [0, 0.1) is 19.8 Å². The smallest absolute Gasteiger partial charge is 0.325 e. The summed E-state index contributed by atoms with van der Waals surface area (Å²) in [5.41, 5.74) is 1.57. The van der Waals surface area contributed by atoms with Crippen LogP contribution in [0.15, 0.2) is 30.3 Å². The first-order valence-electron chi connectivity index (χ1n) is 9.41. The van der Waals surface area contributed by atoms with Gasteiger partial charge >= 0.3 is 6.18 Å². The lowest BCUT2D eigenvalue weighted by atomic mass is 9.97. The molecule has 2 aromatic rings. The van der Waals surface area contributed by atoms with Gasteiger partial charge in [0.25, 0.3) is 0 Å². The third-order valence-electron chi connectivity index (χ3n) is 5.08. The molecule has 5 nitrogen and oxygen atoms in total. The Bertz CT molecular complexity index is 823. The van der Waals surface area contributed by atoms with Gasteiger partial charge in [0.1, 0.15) is 0 Å². The largest absolute Gasteiger partial charge is 0.416 e. The summed E-state index contributed by atoms with van der Waals surface area (Å²) in [7, 11) is 0. The number of amides is 1. The lowest BCUT2D eigenvalue weighted by Gasteiger charge is -2.31. The van der Waals surface area contributed by atoms with Crippen LogP contribution >= 0.6 is 0 Å². The maximum Gasteiger partial charge on any atom is 0.416 e. The lowest BCUT2D eigenvalue weighted by Crippen LogP contribution is -2.40. The number of alkyl halides is 3. The summed E-state index contributed by atoms with van der Waals surface area (Å²) in [6.07, 6.45) is -2.49. The van der Waals surface area contributed by atoms with Gasteiger partial charge in [-0.25, -0.2) is 0 Å². The second kappa shape index (κ2) is 8.34. The first-order valence-corrected chi connectivity index (χ1v) is 9.41. The maximum atomic E-state index is 12.8. The Morgan fingerprint density at radius 3 is 2.54 bits per heavy atom. The summed E-state index contributed by atoms with van der Waals surface area (Å²) in [6.45, 7) is 6.68. The Balaban J connectivity index is 1.47. The molecule has 28 heavy (non-hydrogen) atoms. The van der Waals surface area contributed by atoms with E-state index in [0.717, 1.165) is 56.0 Å². The Labute approximate surface area is 162 Å². The number of aromatic nitrogens is 2. The highest BCUT2D eigenvalue weighted by atomic mass is 19.4. The minimum absolute atomic E-state index is 0.166. The molecule has 1 fully saturated rings. The number of hydrogen-bond donors (Lipinski definition) is 1. The Morgan fingerprint density at radius 2 is 1.93 bits per heavy atom. The predicted octanol–water partition coefficient (Wildman–Crippen LogP) is 3.87. The highest BCUT2D eigenvalue weighted by Crippen LogP contribution is 2.30. The van der Waals surface area contributed by atoms with Crippen molar-refractivity contribution >= 4 is 11.6 Å².